The van der Waals surface area contributed by atoms with E-state index in [-0.39, 0.29) is 17.6 Å². The molecule has 2 atom stereocenters. The molecule has 1 nitrogen and oxygen atoms in total. The summed E-state index contributed by atoms with van der Waals surface area (Å²) >= 11 is 0. The van der Waals surface area contributed by atoms with Crippen LogP contribution in [0.15, 0.2) is 24.3 Å². The Morgan fingerprint density at radius 1 is 1.15 bits per heavy atom. The van der Waals surface area contributed by atoms with Gasteiger partial charge in [0.15, 0.2) is 0 Å². The molecule has 0 amide bonds. The van der Waals surface area contributed by atoms with E-state index in [1.54, 1.807) is 0 Å². The average molecular weight is 285 g/mol. The lowest BCUT2D eigenvalue weighted by atomic mass is 9.84. The second kappa shape index (κ2) is 4.88. The highest BCUT2D eigenvalue weighted by molar-refractivity contribution is 5.69. The Kier molecular flexibility index (Phi) is 3.32. The van der Waals surface area contributed by atoms with Gasteiger partial charge in [-0.15, -0.1) is 0 Å². The van der Waals surface area contributed by atoms with Gasteiger partial charge in [-0.05, 0) is 43.0 Å². The first kappa shape index (κ1) is 13.6. The van der Waals surface area contributed by atoms with Crippen molar-refractivity contribution < 1.29 is 17.6 Å². The van der Waals surface area contributed by atoms with Gasteiger partial charge in [0.2, 0.25) is 0 Å². The molecule has 108 valence electrons. The SMILES string of the molecule is Fc1ccc(C(F)(F)F)cc1C1=CC2CCCC(C1)N2. The number of fused-ring (bicyclic) bond motifs is 2. The van der Waals surface area contributed by atoms with Crippen molar-refractivity contribution in [3.63, 3.8) is 0 Å². The van der Waals surface area contributed by atoms with Crippen LogP contribution in [0.5, 0.6) is 0 Å². The summed E-state index contributed by atoms with van der Waals surface area (Å²) in [6.45, 7) is 0. The van der Waals surface area contributed by atoms with E-state index in [1.165, 1.54) is 0 Å². The van der Waals surface area contributed by atoms with Crippen molar-refractivity contribution in [3.05, 3.63) is 41.2 Å². The molecule has 0 saturated carbocycles. The maximum absolute atomic E-state index is 13.9. The largest absolute Gasteiger partial charge is 0.416 e. The third kappa shape index (κ3) is 2.59. The van der Waals surface area contributed by atoms with Crippen LogP contribution in [-0.4, -0.2) is 12.1 Å². The molecule has 5 heteroatoms. The van der Waals surface area contributed by atoms with Crippen LogP contribution in [0, 0.1) is 5.82 Å². The first-order chi connectivity index (χ1) is 9.43. The Morgan fingerprint density at radius 2 is 1.95 bits per heavy atom. The van der Waals surface area contributed by atoms with E-state index < -0.39 is 17.6 Å². The summed E-state index contributed by atoms with van der Waals surface area (Å²) in [6.07, 6.45) is 1.10. The van der Waals surface area contributed by atoms with E-state index in [0.29, 0.717) is 12.0 Å². The second-order valence-corrected chi connectivity index (χ2v) is 5.49. The average Bonchev–Trinajstić information content (AvgIpc) is 2.37. The number of benzene rings is 1. The van der Waals surface area contributed by atoms with Gasteiger partial charge < -0.3 is 5.32 Å². The molecule has 3 rings (SSSR count). The Labute approximate surface area is 114 Å². The molecular weight excluding hydrogens is 270 g/mol. The van der Waals surface area contributed by atoms with E-state index in [9.17, 15) is 17.6 Å². The first-order valence-electron chi connectivity index (χ1n) is 6.77. The van der Waals surface area contributed by atoms with Crippen LogP contribution < -0.4 is 5.32 Å². The molecule has 0 spiro atoms. The summed E-state index contributed by atoms with van der Waals surface area (Å²) in [5.74, 6) is -0.579. The lowest BCUT2D eigenvalue weighted by Gasteiger charge is -2.35. The summed E-state index contributed by atoms with van der Waals surface area (Å²) in [5.41, 5.74) is -0.00114. The van der Waals surface area contributed by atoms with Crippen LogP contribution in [0.3, 0.4) is 0 Å². The predicted octanol–water partition coefficient (Wildman–Crippen LogP) is 4.14. The molecule has 1 aromatic rings. The molecule has 1 N–H and O–H groups in total. The van der Waals surface area contributed by atoms with Gasteiger partial charge in [-0.2, -0.15) is 13.2 Å². The number of hydrogen-bond donors (Lipinski definition) is 1. The molecule has 0 aromatic heterocycles. The molecule has 0 aliphatic carbocycles. The van der Waals surface area contributed by atoms with E-state index in [0.717, 1.165) is 37.5 Å². The Hall–Kier alpha value is -1.36. The number of hydrogen-bond acceptors (Lipinski definition) is 1. The predicted molar refractivity (Wildman–Crippen MR) is 68.6 cm³/mol. The van der Waals surface area contributed by atoms with Gasteiger partial charge in [-0.1, -0.05) is 12.5 Å². The highest BCUT2D eigenvalue weighted by Crippen LogP contribution is 2.36. The zero-order chi connectivity index (χ0) is 14.3. The van der Waals surface area contributed by atoms with Crippen molar-refractivity contribution in [3.8, 4) is 0 Å². The van der Waals surface area contributed by atoms with Gasteiger partial charge in [0.05, 0.1) is 5.56 Å². The molecule has 1 saturated heterocycles. The molecule has 1 aromatic carbocycles. The van der Waals surface area contributed by atoms with Crippen LogP contribution in [-0.2, 0) is 6.18 Å². The van der Waals surface area contributed by atoms with E-state index in [2.05, 4.69) is 5.32 Å². The van der Waals surface area contributed by atoms with Crippen LogP contribution in [0.25, 0.3) is 5.57 Å². The van der Waals surface area contributed by atoms with Crippen molar-refractivity contribution >= 4 is 5.57 Å². The normalized spacial score (nSPS) is 26.3. The van der Waals surface area contributed by atoms with Gasteiger partial charge in [0.25, 0.3) is 0 Å². The zero-order valence-electron chi connectivity index (χ0n) is 10.8. The van der Waals surface area contributed by atoms with Crippen LogP contribution in [0.2, 0.25) is 0 Å². The minimum absolute atomic E-state index is 0.0956. The fourth-order valence-corrected chi connectivity index (χ4v) is 3.07. The third-order valence-electron chi connectivity index (χ3n) is 4.03. The summed E-state index contributed by atoms with van der Waals surface area (Å²) < 4.78 is 52.1. The maximum atomic E-state index is 13.9. The molecule has 20 heavy (non-hydrogen) atoms. The molecular formula is C15H15F4N. The molecule has 2 aliphatic heterocycles. The Morgan fingerprint density at radius 3 is 2.65 bits per heavy atom. The van der Waals surface area contributed by atoms with Crippen molar-refractivity contribution in [2.75, 3.05) is 0 Å². The molecule has 2 unspecified atom stereocenters. The summed E-state index contributed by atoms with van der Waals surface area (Å²) in [5, 5.41) is 3.40. The molecule has 1 fully saturated rings. The van der Waals surface area contributed by atoms with Crippen LogP contribution >= 0.6 is 0 Å². The molecule has 2 bridgehead atoms. The quantitative estimate of drug-likeness (QED) is 0.765. The number of nitrogens with one attached hydrogen (secondary N) is 1. The highest BCUT2D eigenvalue weighted by atomic mass is 19.4. The number of alkyl halides is 3. The fourth-order valence-electron chi connectivity index (χ4n) is 3.07. The standard InChI is InChI=1S/C15H15F4N/c16-14-5-4-10(15(17,18)19)8-13(14)9-6-11-2-1-3-12(7-9)20-11/h4-6,8,11-12,20H,1-3,7H2. The van der Waals surface area contributed by atoms with E-state index in [1.807, 2.05) is 6.08 Å². The lowest BCUT2D eigenvalue weighted by Crippen LogP contribution is -2.44. The third-order valence-corrected chi connectivity index (χ3v) is 4.03. The zero-order valence-corrected chi connectivity index (χ0v) is 10.8. The van der Waals surface area contributed by atoms with Crippen molar-refractivity contribution in [2.45, 2.75) is 43.9 Å². The first-order valence-corrected chi connectivity index (χ1v) is 6.77. The summed E-state index contributed by atoms with van der Waals surface area (Å²) in [6, 6.07) is 3.05. The lowest BCUT2D eigenvalue weighted by molar-refractivity contribution is -0.137. The van der Waals surface area contributed by atoms with Gasteiger partial charge in [-0.25, -0.2) is 4.39 Å². The molecule has 2 aliphatic rings. The van der Waals surface area contributed by atoms with E-state index >= 15 is 0 Å². The van der Waals surface area contributed by atoms with Crippen molar-refractivity contribution in [1.82, 2.24) is 5.32 Å². The van der Waals surface area contributed by atoms with Gasteiger partial charge in [-0.3, -0.25) is 0 Å². The second-order valence-electron chi connectivity index (χ2n) is 5.49. The molecule has 2 heterocycles. The summed E-state index contributed by atoms with van der Waals surface area (Å²) in [7, 11) is 0. The maximum Gasteiger partial charge on any atom is 0.416 e. The van der Waals surface area contributed by atoms with Gasteiger partial charge in [0.1, 0.15) is 5.82 Å². The van der Waals surface area contributed by atoms with Gasteiger partial charge >= 0.3 is 6.18 Å². The Balaban J connectivity index is 1.99. The minimum atomic E-state index is -4.44. The van der Waals surface area contributed by atoms with Crippen LogP contribution in [0.4, 0.5) is 17.6 Å². The molecule has 0 radical (unpaired) electrons. The van der Waals surface area contributed by atoms with E-state index in [4.69, 9.17) is 0 Å². The number of piperidine rings is 1. The highest BCUT2D eigenvalue weighted by Gasteiger charge is 2.32. The van der Waals surface area contributed by atoms with Gasteiger partial charge in [0, 0.05) is 17.6 Å². The minimum Gasteiger partial charge on any atom is -0.307 e. The Bertz CT molecular complexity index is 547. The van der Waals surface area contributed by atoms with Crippen molar-refractivity contribution in [1.29, 1.82) is 0 Å². The number of halogens is 4. The smallest absolute Gasteiger partial charge is 0.307 e. The summed E-state index contributed by atoms with van der Waals surface area (Å²) in [4.78, 5) is 0. The fraction of sp³-hybridized carbons (Fsp3) is 0.467. The van der Waals surface area contributed by atoms with Crippen molar-refractivity contribution in [2.24, 2.45) is 0 Å². The topological polar surface area (TPSA) is 12.0 Å². The van der Waals surface area contributed by atoms with Crippen LogP contribution in [0.1, 0.15) is 36.8 Å². The monoisotopic (exact) mass is 285 g/mol. The number of rotatable bonds is 1.